The van der Waals surface area contributed by atoms with Gasteiger partial charge in [0.1, 0.15) is 6.54 Å². The third kappa shape index (κ3) is 6.41. The molecular weight excluding hydrogens is 252 g/mol. The summed E-state index contributed by atoms with van der Waals surface area (Å²) in [5.41, 5.74) is 0.448. The molecule has 0 bridgehead atoms. The molecule has 1 aromatic heterocycles. The Balaban J connectivity index is 2.24. The quantitative estimate of drug-likeness (QED) is 0.597. The number of hydrogen-bond acceptors (Lipinski definition) is 4. The Morgan fingerprint density at radius 1 is 1.53 bits per heavy atom. The average Bonchev–Trinajstić information content (AvgIpc) is 2.75. The largest absolute Gasteiger partial charge is 0.480 e. The van der Waals surface area contributed by atoms with Gasteiger partial charge in [0, 0.05) is 26.0 Å². The number of hydrogen-bond donors (Lipinski definition) is 3. The number of carbonyl (C=O) groups is 2. The van der Waals surface area contributed by atoms with Crippen molar-refractivity contribution in [3.05, 3.63) is 12.4 Å². The standard InChI is InChI=1S/C11H18N4O4/c1-2-19-5-3-4-12-11(18)14-9-6-13-15(7-9)8-10(16)17/h6-7H,2-5,8H2,1H3,(H,16,17)(H2,12,14,18). The number of carboxylic acids is 1. The van der Waals surface area contributed by atoms with Crippen LogP contribution in [0, 0.1) is 0 Å². The van der Waals surface area contributed by atoms with Crippen LogP contribution in [0.1, 0.15) is 13.3 Å². The Kier molecular flexibility index (Phi) is 6.37. The van der Waals surface area contributed by atoms with Gasteiger partial charge < -0.3 is 20.5 Å². The van der Waals surface area contributed by atoms with Crippen molar-refractivity contribution in [2.75, 3.05) is 25.1 Å². The summed E-state index contributed by atoms with van der Waals surface area (Å²) in [6.07, 6.45) is 3.58. The van der Waals surface area contributed by atoms with Gasteiger partial charge in [-0.1, -0.05) is 0 Å². The van der Waals surface area contributed by atoms with Crippen LogP contribution in [0.25, 0.3) is 0 Å². The van der Waals surface area contributed by atoms with Crippen molar-refractivity contribution in [1.82, 2.24) is 15.1 Å². The molecule has 0 saturated carbocycles. The third-order valence-corrected chi connectivity index (χ3v) is 2.14. The van der Waals surface area contributed by atoms with Gasteiger partial charge in [-0.3, -0.25) is 9.48 Å². The van der Waals surface area contributed by atoms with E-state index in [1.165, 1.54) is 17.1 Å². The van der Waals surface area contributed by atoms with E-state index in [1.54, 1.807) is 0 Å². The minimum absolute atomic E-state index is 0.238. The number of aromatic nitrogens is 2. The maximum Gasteiger partial charge on any atom is 0.325 e. The van der Waals surface area contributed by atoms with Crippen LogP contribution in [-0.4, -0.2) is 46.6 Å². The van der Waals surface area contributed by atoms with Gasteiger partial charge in [0.2, 0.25) is 0 Å². The van der Waals surface area contributed by atoms with E-state index in [4.69, 9.17) is 9.84 Å². The van der Waals surface area contributed by atoms with E-state index in [0.717, 1.165) is 6.42 Å². The normalized spacial score (nSPS) is 10.2. The predicted molar refractivity (Wildman–Crippen MR) is 68.0 cm³/mol. The van der Waals surface area contributed by atoms with Crippen molar-refractivity contribution < 1.29 is 19.4 Å². The van der Waals surface area contributed by atoms with Crippen LogP contribution in [-0.2, 0) is 16.1 Å². The molecule has 0 aromatic carbocycles. The Hall–Kier alpha value is -2.09. The lowest BCUT2D eigenvalue weighted by atomic mass is 10.4. The fourth-order valence-corrected chi connectivity index (χ4v) is 1.35. The maximum atomic E-state index is 11.5. The van der Waals surface area contributed by atoms with Crippen molar-refractivity contribution in [2.24, 2.45) is 0 Å². The molecule has 3 N–H and O–H groups in total. The number of amides is 2. The second-order valence-electron chi connectivity index (χ2n) is 3.75. The molecule has 0 fully saturated rings. The molecule has 106 valence electrons. The Labute approximate surface area is 110 Å². The first-order chi connectivity index (χ1) is 9.11. The highest BCUT2D eigenvalue weighted by Crippen LogP contribution is 2.04. The number of carboxylic acid groups (broad SMARTS) is 1. The van der Waals surface area contributed by atoms with Gasteiger partial charge >= 0.3 is 12.0 Å². The lowest BCUT2D eigenvalue weighted by Crippen LogP contribution is -2.29. The van der Waals surface area contributed by atoms with Crippen molar-refractivity contribution in [1.29, 1.82) is 0 Å². The summed E-state index contributed by atoms with van der Waals surface area (Å²) in [6.45, 7) is 3.45. The van der Waals surface area contributed by atoms with Crippen LogP contribution in [0.4, 0.5) is 10.5 Å². The summed E-state index contributed by atoms with van der Waals surface area (Å²) >= 11 is 0. The molecule has 19 heavy (non-hydrogen) atoms. The van der Waals surface area contributed by atoms with Crippen LogP contribution < -0.4 is 10.6 Å². The lowest BCUT2D eigenvalue weighted by Gasteiger charge is -2.05. The van der Waals surface area contributed by atoms with Gasteiger partial charge in [0.15, 0.2) is 0 Å². The zero-order valence-corrected chi connectivity index (χ0v) is 10.8. The molecule has 2 amide bonds. The second kappa shape index (κ2) is 8.09. The van der Waals surface area contributed by atoms with E-state index in [2.05, 4.69) is 15.7 Å². The third-order valence-electron chi connectivity index (χ3n) is 2.14. The highest BCUT2D eigenvalue weighted by atomic mass is 16.5. The molecule has 0 aliphatic heterocycles. The zero-order valence-electron chi connectivity index (χ0n) is 10.8. The highest BCUT2D eigenvalue weighted by molar-refractivity contribution is 5.88. The monoisotopic (exact) mass is 270 g/mol. The predicted octanol–water partition coefficient (Wildman–Crippen LogP) is 0.516. The van der Waals surface area contributed by atoms with Crippen LogP contribution in [0.5, 0.6) is 0 Å². The van der Waals surface area contributed by atoms with Crippen LogP contribution >= 0.6 is 0 Å². The zero-order chi connectivity index (χ0) is 14.1. The second-order valence-corrected chi connectivity index (χ2v) is 3.75. The maximum absolute atomic E-state index is 11.5. The summed E-state index contributed by atoms with van der Waals surface area (Å²) in [4.78, 5) is 21.9. The fraction of sp³-hybridized carbons (Fsp3) is 0.545. The number of urea groups is 1. The average molecular weight is 270 g/mol. The summed E-state index contributed by atoms with van der Waals surface area (Å²) in [7, 11) is 0. The number of aliphatic carboxylic acids is 1. The van der Waals surface area contributed by atoms with Gasteiger partial charge in [-0.15, -0.1) is 0 Å². The topological polar surface area (TPSA) is 105 Å². The number of anilines is 1. The van der Waals surface area contributed by atoms with Crippen molar-refractivity contribution >= 4 is 17.7 Å². The molecule has 0 aliphatic carbocycles. The summed E-state index contributed by atoms with van der Waals surface area (Å²) in [5, 5.41) is 17.6. The molecule has 0 saturated heterocycles. The summed E-state index contributed by atoms with van der Waals surface area (Å²) in [5.74, 6) is -0.991. The van der Waals surface area contributed by atoms with E-state index >= 15 is 0 Å². The minimum atomic E-state index is -0.991. The van der Waals surface area contributed by atoms with Crippen LogP contribution in [0.2, 0.25) is 0 Å². The van der Waals surface area contributed by atoms with E-state index in [0.29, 0.717) is 25.4 Å². The molecule has 1 aromatic rings. The van der Waals surface area contributed by atoms with Gasteiger partial charge in [-0.05, 0) is 13.3 Å². The van der Waals surface area contributed by atoms with Crippen LogP contribution in [0.15, 0.2) is 12.4 Å². The number of ether oxygens (including phenoxy) is 1. The first kappa shape index (κ1) is 15.0. The number of rotatable bonds is 8. The van der Waals surface area contributed by atoms with Gasteiger partial charge in [0.25, 0.3) is 0 Å². The van der Waals surface area contributed by atoms with E-state index < -0.39 is 5.97 Å². The Morgan fingerprint density at radius 2 is 2.32 bits per heavy atom. The number of carbonyl (C=O) groups excluding carboxylic acids is 1. The lowest BCUT2D eigenvalue weighted by molar-refractivity contribution is -0.137. The smallest absolute Gasteiger partial charge is 0.325 e. The molecule has 8 heteroatoms. The molecular formula is C11H18N4O4. The molecule has 0 aliphatic rings. The molecule has 0 atom stereocenters. The van der Waals surface area contributed by atoms with Gasteiger partial charge in [0.05, 0.1) is 11.9 Å². The van der Waals surface area contributed by atoms with Gasteiger partial charge in [-0.2, -0.15) is 5.10 Å². The van der Waals surface area contributed by atoms with Gasteiger partial charge in [-0.25, -0.2) is 4.79 Å². The molecule has 1 rings (SSSR count). The van der Waals surface area contributed by atoms with Crippen molar-refractivity contribution in [2.45, 2.75) is 19.9 Å². The molecule has 0 unspecified atom stereocenters. The van der Waals surface area contributed by atoms with Crippen molar-refractivity contribution in [3.63, 3.8) is 0 Å². The molecule has 8 nitrogen and oxygen atoms in total. The first-order valence-electron chi connectivity index (χ1n) is 5.98. The minimum Gasteiger partial charge on any atom is -0.480 e. The van der Waals surface area contributed by atoms with E-state index in [1.807, 2.05) is 6.92 Å². The Morgan fingerprint density at radius 3 is 3.00 bits per heavy atom. The Bertz CT molecular complexity index is 419. The number of nitrogens with one attached hydrogen (secondary N) is 2. The first-order valence-corrected chi connectivity index (χ1v) is 5.98. The number of nitrogens with zero attached hydrogens (tertiary/aromatic N) is 2. The van der Waals surface area contributed by atoms with E-state index in [-0.39, 0.29) is 12.6 Å². The molecule has 0 spiro atoms. The molecule has 0 radical (unpaired) electrons. The van der Waals surface area contributed by atoms with Crippen molar-refractivity contribution in [3.8, 4) is 0 Å². The SMILES string of the molecule is CCOCCCNC(=O)Nc1cnn(CC(=O)O)c1. The summed E-state index contributed by atoms with van der Waals surface area (Å²) < 4.78 is 6.36. The summed E-state index contributed by atoms with van der Waals surface area (Å²) in [6, 6.07) is -0.355. The van der Waals surface area contributed by atoms with E-state index in [9.17, 15) is 9.59 Å². The highest BCUT2D eigenvalue weighted by Gasteiger charge is 2.05. The van der Waals surface area contributed by atoms with Crippen LogP contribution in [0.3, 0.4) is 0 Å². The molecule has 1 heterocycles. The fourth-order valence-electron chi connectivity index (χ4n) is 1.35.